The van der Waals surface area contributed by atoms with Gasteiger partial charge in [-0.25, -0.2) is 9.97 Å². The molecule has 2 N–H and O–H groups in total. The number of guanidine groups is 1. The second kappa shape index (κ2) is 9.27. The van der Waals surface area contributed by atoms with Gasteiger partial charge in [0.2, 0.25) is 0 Å². The Labute approximate surface area is 163 Å². The van der Waals surface area contributed by atoms with Gasteiger partial charge in [0.15, 0.2) is 11.1 Å². The highest BCUT2D eigenvalue weighted by Gasteiger charge is 2.16. The fourth-order valence-electron chi connectivity index (χ4n) is 2.92. The Balaban J connectivity index is 1.71. The summed E-state index contributed by atoms with van der Waals surface area (Å²) in [5, 5.41) is 9.11. The molecule has 2 aromatic heterocycles. The lowest BCUT2D eigenvalue weighted by Gasteiger charge is -2.29. The Bertz CT molecular complexity index is 834. The first-order valence-corrected chi connectivity index (χ1v) is 9.90. The fourth-order valence-corrected chi connectivity index (χ4v) is 3.63. The van der Waals surface area contributed by atoms with Crippen molar-refractivity contribution in [2.45, 2.75) is 19.8 Å². The average molecular weight is 385 g/mol. The molecule has 0 atom stereocenters. The molecule has 0 amide bonds. The Morgan fingerprint density at radius 3 is 2.81 bits per heavy atom. The van der Waals surface area contributed by atoms with Crippen LogP contribution in [0.25, 0.3) is 11.4 Å². The van der Waals surface area contributed by atoms with Crippen molar-refractivity contribution in [3.8, 4) is 11.4 Å². The maximum absolute atomic E-state index is 10.6. The van der Waals surface area contributed by atoms with Crippen LogP contribution in [0, 0.1) is 0 Å². The number of pyridine rings is 1. The number of hydrogen-bond donors (Lipinski definition) is 2. The van der Waals surface area contributed by atoms with E-state index < -0.39 is 0 Å². The van der Waals surface area contributed by atoms with Crippen molar-refractivity contribution in [1.29, 1.82) is 0 Å². The van der Waals surface area contributed by atoms with Crippen LogP contribution in [0.5, 0.6) is 0 Å². The summed E-state index contributed by atoms with van der Waals surface area (Å²) >= 11 is 1.52. The molecule has 1 aliphatic heterocycles. The normalized spacial score (nSPS) is 14.8. The minimum absolute atomic E-state index is 0.701. The maximum Gasteiger partial charge on any atom is 0.197 e. The molecule has 1 aliphatic rings. The first-order chi connectivity index (χ1) is 13.2. The number of hydrogen-bond acceptors (Lipinski definition) is 6. The molecule has 1 fully saturated rings. The predicted molar refractivity (Wildman–Crippen MR) is 112 cm³/mol. The first-order valence-electron chi connectivity index (χ1n) is 9.02. The van der Waals surface area contributed by atoms with Gasteiger partial charge in [-0.05, 0) is 38.0 Å². The minimum atomic E-state index is 0.701. The summed E-state index contributed by atoms with van der Waals surface area (Å²) in [6.45, 7) is 4.56. The molecule has 0 saturated carbocycles. The molecule has 0 radical (unpaired) electrons. The quantitative estimate of drug-likeness (QED) is 0.357. The lowest BCUT2D eigenvalue weighted by Crippen LogP contribution is -2.31. The van der Waals surface area contributed by atoms with E-state index >= 15 is 0 Å². The van der Waals surface area contributed by atoms with E-state index in [1.807, 2.05) is 30.5 Å². The number of nitrogens with zero attached hydrogens (tertiary/aromatic N) is 4. The second-order valence-corrected chi connectivity index (χ2v) is 6.95. The van der Waals surface area contributed by atoms with Crippen molar-refractivity contribution in [1.82, 2.24) is 15.3 Å². The number of nitrogens with one attached hydrogen (secondary N) is 2. The molecule has 0 unspecified atom stereocenters. The van der Waals surface area contributed by atoms with Crippen molar-refractivity contribution in [2.24, 2.45) is 4.99 Å². The van der Waals surface area contributed by atoms with E-state index in [1.54, 1.807) is 13.1 Å². The Morgan fingerprint density at radius 2 is 2.11 bits per heavy atom. The fraction of sp³-hybridized carbons (Fsp3) is 0.368. The summed E-state index contributed by atoms with van der Waals surface area (Å²) in [7, 11) is 1.73. The third kappa shape index (κ3) is 4.91. The van der Waals surface area contributed by atoms with Gasteiger partial charge in [0.25, 0.3) is 0 Å². The highest BCUT2D eigenvalue weighted by atomic mass is 32.1. The van der Waals surface area contributed by atoms with Crippen molar-refractivity contribution >= 4 is 34.5 Å². The molecule has 2 aromatic rings. The third-order valence-corrected chi connectivity index (χ3v) is 5.09. The highest BCUT2D eigenvalue weighted by Crippen LogP contribution is 2.27. The molecule has 0 aliphatic carbocycles. The van der Waals surface area contributed by atoms with Crippen LogP contribution < -0.4 is 15.5 Å². The summed E-state index contributed by atoms with van der Waals surface area (Å²) in [5.74, 6) is 1.65. The number of aldehydes is 1. The van der Waals surface area contributed by atoms with Crippen molar-refractivity contribution in [2.75, 3.05) is 36.9 Å². The highest BCUT2D eigenvalue weighted by molar-refractivity contribution is 7.14. The number of piperidine rings is 1. The van der Waals surface area contributed by atoms with Gasteiger partial charge in [-0.1, -0.05) is 11.6 Å². The van der Waals surface area contributed by atoms with Crippen LogP contribution in [0.15, 0.2) is 40.2 Å². The second-order valence-electron chi connectivity index (χ2n) is 6.09. The zero-order valence-electron chi connectivity index (χ0n) is 15.6. The van der Waals surface area contributed by atoms with E-state index in [0.717, 1.165) is 61.1 Å². The molecular formula is C19H24N6OS. The summed E-state index contributed by atoms with van der Waals surface area (Å²) < 4.78 is 0. The van der Waals surface area contributed by atoms with Crippen LogP contribution in [0.3, 0.4) is 0 Å². The van der Waals surface area contributed by atoms with Gasteiger partial charge in [0, 0.05) is 32.1 Å². The predicted octanol–water partition coefficient (Wildman–Crippen LogP) is 2.94. The van der Waals surface area contributed by atoms with Gasteiger partial charge >= 0.3 is 0 Å². The molecule has 27 heavy (non-hydrogen) atoms. The number of carbonyl (C=O) groups excluding carboxylic acids is 1. The molecule has 8 heteroatoms. The van der Waals surface area contributed by atoms with E-state index in [-0.39, 0.29) is 0 Å². The molecule has 3 heterocycles. The SMILES string of the molecule is CCNC(=NC)Nc1nc(-c2cccc(N3CCC(=CC=O)CC3)n2)cs1. The van der Waals surface area contributed by atoms with Crippen LogP contribution in [-0.2, 0) is 4.79 Å². The molecule has 1 saturated heterocycles. The summed E-state index contributed by atoms with van der Waals surface area (Å²) in [6, 6.07) is 6.01. The number of allylic oxidation sites excluding steroid dienone is 1. The molecule has 7 nitrogen and oxygen atoms in total. The van der Waals surface area contributed by atoms with Gasteiger partial charge in [-0.3, -0.25) is 9.79 Å². The zero-order valence-corrected chi connectivity index (χ0v) is 16.4. The number of aliphatic imine (C=N–C) groups is 1. The lowest BCUT2D eigenvalue weighted by molar-refractivity contribution is -0.104. The number of thiazole rings is 1. The number of carbonyl (C=O) groups is 1. The van der Waals surface area contributed by atoms with E-state index in [9.17, 15) is 4.79 Å². The van der Waals surface area contributed by atoms with Crippen molar-refractivity contribution in [3.63, 3.8) is 0 Å². The van der Waals surface area contributed by atoms with Crippen LogP contribution in [0.4, 0.5) is 10.9 Å². The van der Waals surface area contributed by atoms with Gasteiger partial charge in [-0.2, -0.15) is 0 Å². The molecule has 3 rings (SSSR count). The van der Waals surface area contributed by atoms with Crippen molar-refractivity contribution < 1.29 is 4.79 Å². The maximum atomic E-state index is 10.6. The Morgan fingerprint density at radius 1 is 1.30 bits per heavy atom. The van der Waals surface area contributed by atoms with Crippen LogP contribution >= 0.6 is 11.3 Å². The van der Waals surface area contributed by atoms with Gasteiger partial charge in [0.1, 0.15) is 17.8 Å². The van der Waals surface area contributed by atoms with Crippen LogP contribution in [-0.4, -0.2) is 48.9 Å². The van der Waals surface area contributed by atoms with Crippen LogP contribution in [0.1, 0.15) is 19.8 Å². The summed E-state index contributed by atoms with van der Waals surface area (Å²) in [6.07, 6.45) is 4.37. The summed E-state index contributed by atoms with van der Waals surface area (Å²) in [4.78, 5) is 26.5. The molecule has 0 spiro atoms. The van der Waals surface area contributed by atoms with E-state index in [1.165, 1.54) is 16.9 Å². The zero-order chi connectivity index (χ0) is 19.1. The first kappa shape index (κ1) is 19.0. The van der Waals surface area contributed by atoms with Crippen LogP contribution in [0.2, 0.25) is 0 Å². The molecular weight excluding hydrogens is 360 g/mol. The average Bonchev–Trinajstić information content (AvgIpc) is 3.17. The van der Waals surface area contributed by atoms with E-state index in [0.29, 0.717) is 5.96 Å². The Hall–Kier alpha value is -2.74. The third-order valence-electron chi connectivity index (χ3n) is 4.33. The largest absolute Gasteiger partial charge is 0.356 e. The van der Waals surface area contributed by atoms with Gasteiger partial charge in [0.05, 0.1) is 5.69 Å². The minimum Gasteiger partial charge on any atom is -0.356 e. The topological polar surface area (TPSA) is 82.5 Å². The standard InChI is InChI=1S/C19H24N6OS/c1-3-21-18(20-2)24-19-23-16(13-27-19)15-5-4-6-17(22-15)25-10-7-14(8-11-25)9-12-26/h4-6,9,12-13H,3,7-8,10-11H2,1-2H3,(H2,20,21,23,24). The summed E-state index contributed by atoms with van der Waals surface area (Å²) in [5.41, 5.74) is 2.90. The number of anilines is 2. The lowest BCUT2D eigenvalue weighted by atomic mass is 10.0. The smallest absolute Gasteiger partial charge is 0.197 e. The van der Waals surface area contributed by atoms with Gasteiger partial charge in [-0.15, -0.1) is 11.3 Å². The molecule has 142 valence electrons. The van der Waals surface area contributed by atoms with Crippen molar-refractivity contribution in [3.05, 3.63) is 35.2 Å². The van der Waals surface area contributed by atoms with Gasteiger partial charge < -0.3 is 15.5 Å². The van der Waals surface area contributed by atoms with E-state index in [4.69, 9.17) is 4.98 Å². The van der Waals surface area contributed by atoms with E-state index in [2.05, 4.69) is 25.5 Å². The Kier molecular flexibility index (Phi) is 6.54. The number of aromatic nitrogens is 2. The molecule has 0 bridgehead atoms. The molecule has 0 aromatic carbocycles. The monoisotopic (exact) mass is 384 g/mol. The number of rotatable bonds is 5.